The number of methoxy groups -OCH3 is 1. The molecule has 2 nitrogen and oxygen atoms in total. The van der Waals surface area contributed by atoms with Crippen molar-refractivity contribution in [1.29, 1.82) is 0 Å². The molecule has 2 heteroatoms. The molecule has 0 aromatic carbocycles. The predicted molar refractivity (Wildman–Crippen MR) is 130 cm³/mol. The Labute approximate surface area is 198 Å². The van der Waals surface area contributed by atoms with Crippen LogP contribution in [0.3, 0.4) is 0 Å². The third-order valence-electron chi connectivity index (χ3n) is 13.1. The largest absolute Gasteiger partial charge is 0.381 e. The van der Waals surface area contributed by atoms with Gasteiger partial charge in [-0.05, 0) is 115 Å². The quantitative estimate of drug-likeness (QED) is 0.441. The molecule has 6 fully saturated rings. The molecule has 0 bridgehead atoms. The summed E-state index contributed by atoms with van der Waals surface area (Å²) in [6.07, 6.45) is 15.6. The number of fused-ring (bicyclic) bond motifs is 2. The maximum Gasteiger partial charge on any atom is 0.0638 e. The molecule has 0 N–H and O–H groups in total. The van der Waals surface area contributed by atoms with Crippen LogP contribution in [0.25, 0.3) is 0 Å². The average Bonchev–Trinajstić information content (AvgIpc) is 3.01. The van der Waals surface area contributed by atoms with Gasteiger partial charge in [-0.3, -0.25) is 0 Å². The van der Waals surface area contributed by atoms with Crippen molar-refractivity contribution in [2.45, 2.75) is 124 Å². The van der Waals surface area contributed by atoms with Crippen LogP contribution in [0.5, 0.6) is 0 Å². The molecule has 0 aromatic rings. The van der Waals surface area contributed by atoms with Crippen LogP contribution in [0.15, 0.2) is 0 Å². The molecular weight excluding hydrogens is 392 g/mol. The second-order valence-electron chi connectivity index (χ2n) is 14.9. The molecule has 32 heavy (non-hydrogen) atoms. The Hall–Kier alpha value is -0.0800. The van der Waals surface area contributed by atoms with E-state index >= 15 is 0 Å². The van der Waals surface area contributed by atoms with Gasteiger partial charge < -0.3 is 9.47 Å². The standard InChI is InChI=1S/C30H50O2/c1-18-12-13-29-17-30(29)15-14-28(6)22(21(30)9-8-20(29)19(18)2)16-24(31-7)26(28)23-10-11-25(32-23)27(3,4)5/h18-26H,8-17H2,1-7H3. The highest BCUT2D eigenvalue weighted by atomic mass is 16.5. The Morgan fingerprint density at radius 3 is 2.25 bits per heavy atom. The molecule has 0 aromatic heterocycles. The molecule has 6 aliphatic rings. The Morgan fingerprint density at radius 1 is 0.844 bits per heavy atom. The zero-order valence-electron chi connectivity index (χ0n) is 22.1. The zero-order chi connectivity index (χ0) is 22.7. The molecular formula is C30H50O2. The van der Waals surface area contributed by atoms with Crippen molar-refractivity contribution < 1.29 is 9.47 Å². The smallest absolute Gasteiger partial charge is 0.0638 e. The molecule has 182 valence electrons. The van der Waals surface area contributed by atoms with Crippen molar-refractivity contribution in [3.8, 4) is 0 Å². The minimum Gasteiger partial charge on any atom is -0.381 e. The van der Waals surface area contributed by atoms with E-state index in [1.807, 2.05) is 7.11 Å². The van der Waals surface area contributed by atoms with E-state index in [0.717, 1.165) is 35.0 Å². The van der Waals surface area contributed by atoms with E-state index in [0.29, 0.717) is 35.1 Å². The van der Waals surface area contributed by atoms with Gasteiger partial charge in [0.25, 0.3) is 0 Å². The lowest BCUT2D eigenvalue weighted by Gasteiger charge is -2.57. The number of ether oxygens (including phenoxy) is 2. The van der Waals surface area contributed by atoms with Crippen LogP contribution in [0, 0.1) is 57.2 Å². The highest BCUT2D eigenvalue weighted by Crippen LogP contribution is 2.86. The van der Waals surface area contributed by atoms with Crippen molar-refractivity contribution in [3.05, 3.63) is 0 Å². The summed E-state index contributed by atoms with van der Waals surface area (Å²) in [5.41, 5.74) is 2.09. The fraction of sp³-hybridized carbons (Fsp3) is 1.00. The molecule has 1 aliphatic heterocycles. The maximum atomic E-state index is 6.86. The highest BCUT2D eigenvalue weighted by Gasteiger charge is 2.79. The second-order valence-corrected chi connectivity index (χ2v) is 14.9. The first-order chi connectivity index (χ1) is 15.1. The van der Waals surface area contributed by atoms with Gasteiger partial charge in [-0.2, -0.15) is 0 Å². The monoisotopic (exact) mass is 442 g/mol. The Bertz CT molecular complexity index is 754. The van der Waals surface area contributed by atoms with Gasteiger partial charge in [0.15, 0.2) is 0 Å². The Kier molecular flexibility index (Phi) is 4.89. The maximum absolute atomic E-state index is 6.86. The van der Waals surface area contributed by atoms with Gasteiger partial charge in [-0.1, -0.05) is 41.5 Å². The molecule has 5 aliphatic carbocycles. The van der Waals surface area contributed by atoms with Gasteiger partial charge in [0.2, 0.25) is 0 Å². The summed E-state index contributed by atoms with van der Waals surface area (Å²) in [6, 6.07) is 0. The molecule has 6 rings (SSSR count). The summed E-state index contributed by atoms with van der Waals surface area (Å²) in [4.78, 5) is 0. The fourth-order valence-corrected chi connectivity index (χ4v) is 11.3. The first-order valence-corrected chi connectivity index (χ1v) is 14.3. The lowest BCUT2D eigenvalue weighted by Crippen LogP contribution is -2.51. The second kappa shape index (κ2) is 6.99. The molecule has 1 heterocycles. The first-order valence-electron chi connectivity index (χ1n) is 14.3. The summed E-state index contributed by atoms with van der Waals surface area (Å²) < 4.78 is 13.2. The van der Waals surface area contributed by atoms with Crippen molar-refractivity contribution in [1.82, 2.24) is 0 Å². The molecule has 0 radical (unpaired) electrons. The summed E-state index contributed by atoms with van der Waals surface area (Å²) in [5.74, 6) is 5.33. The van der Waals surface area contributed by atoms with E-state index in [4.69, 9.17) is 9.47 Å². The van der Waals surface area contributed by atoms with Crippen LogP contribution in [0.2, 0.25) is 0 Å². The minimum atomic E-state index is 0.250. The van der Waals surface area contributed by atoms with Crippen LogP contribution in [0.4, 0.5) is 0 Å². The van der Waals surface area contributed by atoms with E-state index in [1.54, 1.807) is 12.8 Å². The lowest BCUT2D eigenvalue weighted by atomic mass is 9.48. The predicted octanol–water partition coefficient (Wildman–Crippen LogP) is 7.50. The third-order valence-corrected chi connectivity index (χ3v) is 13.1. The minimum absolute atomic E-state index is 0.250. The summed E-state index contributed by atoms with van der Waals surface area (Å²) in [7, 11) is 1.99. The van der Waals surface area contributed by atoms with Crippen LogP contribution in [0.1, 0.15) is 106 Å². The number of hydrogen-bond acceptors (Lipinski definition) is 2. The fourth-order valence-electron chi connectivity index (χ4n) is 11.3. The van der Waals surface area contributed by atoms with Crippen LogP contribution >= 0.6 is 0 Å². The van der Waals surface area contributed by atoms with E-state index in [2.05, 4.69) is 41.5 Å². The van der Waals surface area contributed by atoms with Gasteiger partial charge in [0.1, 0.15) is 0 Å². The van der Waals surface area contributed by atoms with Crippen molar-refractivity contribution in [3.63, 3.8) is 0 Å². The molecule has 12 atom stereocenters. The lowest BCUT2D eigenvalue weighted by molar-refractivity contribution is -0.121. The normalized spacial score (nSPS) is 59.2. The zero-order valence-corrected chi connectivity index (χ0v) is 22.1. The van der Waals surface area contributed by atoms with E-state index in [9.17, 15) is 0 Å². The van der Waals surface area contributed by atoms with E-state index in [1.165, 1.54) is 51.4 Å². The van der Waals surface area contributed by atoms with Crippen LogP contribution < -0.4 is 0 Å². The summed E-state index contributed by atoms with van der Waals surface area (Å²) in [5, 5.41) is 0. The average molecular weight is 443 g/mol. The molecule has 0 amide bonds. The molecule has 1 saturated heterocycles. The summed E-state index contributed by atoms with van der Waals surface area (Å²) in [6.45, 7) is 14.9. The number of hydrogen-bond donors (Lipinski definition) is 0. The van der Waals surface area contributed by atoms with Gasteiger partial charge in [0.05, 0.1) is 18.3 Å². The van der Waals surface area contributed by atoms with E-state index < -0.39 is 0 Å². The molecule has 12 unspecified atom stereocenters. The van der Waals surface area contributed by atoms with Crippen molar-refractivity contribution in [2.75, 3.05) is 7.11 Å². The highest BCUT2D eigenvalue weighted by molar-refractivity contribution is 5.28. The van der Waals surface area contributed by atoms with Gasteiger partial charge in [-0.15, -0.1) is 0 Å². The van der Waals surface area contributed by atoms with Crippen LogP contribution in [-0.2, 0) is 9.47 Å². The number of rotatable bonds is 2. The first kappa shape index (κ1) is 22.4. The van der Waals surface area contributed by atoms with Gasteiger partial charge >= 0.3 is 0 Å². The van der Waals surface area contributed by atoms with Crippen molar-refractivity contribution >= 4 is 0 Å². The topological polar surface area (TPSA) is 18.5 Å². The molecule has 5 saturated carbocycles. The Morgan fingerprint density at radius 2 is 1.56 bits per heavy atom. The Balaban J connectivity index is 1.28. The summed E-state index contributed by atoms with van der Waals surface area (Å²) >= 11 is 0. The van der Waals surface area contributed by atoms with Gasteiger partial charge in [-0.25, -0.2) is 0 Å². The van der Waals surface area contributed by atoms with E-state index in [-0.39, 0.29) is 5.41 Å². The molecule has 2 spiro atoms. The third kappa shape index (κ3) is 2.72. The van der Waals surface area contributed by atoms with Crippen LogP contribution in [-0.4, -0.2) is 25.4 Å². The van der Waals surface area contributed by atoms with Crippen molar-refractivity contribution in [2.24, 2.45) is 57.2 Å². The van der Waals surface area contributed by atoms with Gasteiger partial charge in [0, 0.05) is 13.0 Å². The SMILES string of the molecule is COC1CC2C3CCC4C(C)C(C)CCC45CC35CCC2(C)C1C1CCC(C(C)(C)C)O1.